The van der Waals surface area contributed by atoms with Crippen molar-refractivity contribution in [2.24, 2.45) is 17.8 Å². The molecule has 2 amide bonds. The maximum atomic E-state index is 12.8. The molecule has 9 heteroatoms. The van der Waals surface area contributed by atoms with E-state index >= 15 is 0 Å². The molecule has 2 aliphatic carbocycles. The Morgan fingerprint density at radius 1 is 1.00 bits per heavy atom. The SMILES string of the molecule is CS(=O)(=O)c1cccc(C(=O)Nc2ccc(NC(=O)C3CC4CCCC(C3)C4=O)cc2Cl)c1. The van der Waals surface area contributed by atoms with Crippen LogP contribution in [0.1, 0.15) is 42.5 Å². The van der Waals surface area contributed by atoms with E-state index in [9.17, 15) is 22.8 Å². The molecular formula is C24H25ClN2O5S. The molecule has 2 unspecified atom stereocenters. The Morgan fingerprint density at radius 2 is 1.70 bits per heavy atom. The summed E-state index contributed by atoms with van der Waals surface area (Å²) in [6.07, 6.45) is 5.05. The smallest absolute Gasteiger partial charge is 0.255 e. The maximum absolute atomic E-state index is 12.8. The zero-order valence-electron chi connectivity index (χ0n) is 18.1. The van der Waals surface area contributed by atoms with Gasteiger partial charge in [0.1, 0.15) is 5.78 Å². The summed E-state index contributed by atoms with van der Waals surface area (Å²) in [5.74, 6) is -0.512. The number of nitrogens with one attached hydrogen (secondary N) is 2. The predicted octanol–water partition coefficient (Wildman–Crippen LogP) is 4.33. The van der Waals surface area contributed by atoms with Gasteiger partial charge in [0.2, 0.25) is 5.91 Å². The molecule has 2 aromatic rings. The van der Waals surface area contributed by atoms with Gasteiger partial charge in [-0.15, -0.1) is 0 Å². The number of amides is 2. The fourth-order valence-electron chi connectivity index (χ4n) is 4.69. The quantitative estimate of drug-likeness (QED) is 0.651. The van der Waals surface area contributed by atoms with Crippen LogP contribution in [0.3, 0.4) is 0 Å². The van der Waals surface area contributed by atoms with Crippen molar-refractivity contribution in [3.05, 3.63) is 53.1 Å². The molecule has 0 spiro atoms. The lowest BCUT2D eigenvalue weighted by Gasteiger charge is -2.36. The highest BCUT2D eigenvalue weighted by atomic mass is 35.5. The first-order valence-corrected chi connectivity index (χ1v) is 13.1. The lowest BCUT2D eigenvalue weighted by Crippen LogP contribution is -2.40. The van der Waals surface area contributed by atoms with Crippen LogP contribution in [0.5, 0.6) is 0 Å². The zero-order chi connectivity index (χ0) is 23.8. The predicted molar refractivity (Wildman–Crippen MR) is 126 cm³/mol. The van der Waals surface area contributed by atoms with Crippen molar-refractivity contribution < 1.29 is 22.8 Å². The molecule has 0 heterocycles. The van der Waals surface area contributed by atoms with Gasteiger partial charge in [0.15, 0.2) is 9.84 Å². The number of hydrogen-bond donors (Lipinski definition) is 2. The van der Waals surface area contributed by atoms with Crippen molar-refractivity contribution in [1.29, 1.82) is 0 Å². The second-order valence-electron chi connectivity index (χ2n) is 8.83. The number of halogens is 1. The van der Waals surface area contributed by atoms with Crippen LogP contribution in [0.2, 0.25) is 5.02 Å². The molecule has 4 rings (SSSR count). The summed E-state index contributed by atoms with van der Waals surface area (Å²) in [5.41, 5.74) is 1.02. The second kappa shape index (κ2) is 9.27. The van der Waals surface area contributed by atoms with E-state index < -0.39 is 15.7 Å². The molecule has 2 fully saturated rings. The summed E-state index contributed by atoms with van der Waals surface area (Å²) in [4.78, 5) is 37.7. The Bertz CT molecular complexity index is 1210. The molecule has 2 aromatic carbocycles. The molecule has 0 saturated heterocycles. The topological polar surface area (TPSA) is 109 Å². The number of ketones is 1. The molecule has 0 aromatic heterocycles. The number of hydrogen-bond acceptors (Lipinski definition) is 5. The number of anilines is 2. The number of benzene rings is 2. The first-order valence-electron chi connectivity index (χ1n) is 10.9. The van der Waals surface area contributed by atoms with Crippen LogP contribution in [0, 0.1) is 17.8 Å². The Kier molecular flexibility index (Phi) is 6.59. The molecule has 7 nitrogen and oxygen atoms in total. The van der Waals surface area contributed by atoms with Gasteiger partial charge in [-0.05, 0) is 62.1 Å². The van der Waals surface area contributed by atoms with Gasteiger partial charge >= 0.3 is 0 Å². The van der Waals surface area contributed by atoms with Crippen LogP contribution in [-0.2, 0) is 19.4 Å². The Hall–Kier alpha value is -2.71. The van der Waals surface area contributed by atoms with Gasteiger partial charge in [0.05, 0.1) is 15.6 Å². The van der Waals surface area contributed by atoms with Gasteiger partial charge in [-0.1, -0.05) is 24.1 Å². The number of carbonyl (C=O) groups is 3. The van der Waals surface area contributed by atoms with Gasteiger partial charge < -0.3 is 10.6 Å². The number of carbonyl (C=O) groups excluding carboxylic acids is 3. The minimum atomic E-state index is -3.44. The van der Waals surface area contributed by atoms with E-state index in [0.29, 0.717) is 30.0 Å². The Balaban J connectivity index is 1.42. The molecule has 33 heavy (non-hydrogen) atoms. The normalized spacial score (nSPS) is 22.5. The monoisotopic (exact) mass is 488 g/mol. The van der Waals surface area contributed by atoms with Crippen LogP contribution >= 0.6 is 11.6 Å². The van der Waals surface area contributed by atoms with Gasteiger partial charge in [0, 0.05) is 35.3 Å². The van der Waals surface area contributed by atoms with Gasteiger partial charge in [-0.25, -0.2) is 8.42 Å². The molecule has 0 radical (unpaired) electrons. The van der Waals surface area contributed by atoms with Gasteiger partial charge in [-0.3, -0.25) is 14.4 Å². The summed E-state index contributed by atoms with van der Waals surface area (Å²) < 4.78 is 23.5. The van der Waals surface area contributed by atoms with Gasteiger partial charge in [0.25, 0.3) is 5.91 Å². The molecule has 2 aliphatic rings. The number of sulfone groups is 1. The van der Waals surface area contributed by atoms with Crippen molar-refractivity contribution in [3.8, 4) is 0 Å². The van der Waals surface area contributed by atoms with Gasteiger partial charge in [-0.2, -0.15) is 0 Å². The highest BCUT2D eigenvalue weighted by Crippen LogP contribution is 2.40. The first-order chi connectivity index (χ1) is 15.6. The van der Waals surface area contributed by atoms with E-state index in [-0.39, 0.29) is 39.1 Å². The third-order valence-corrected chi connectivity index (χ3v) is 7.85. The Morgan fingerprint density at radius 3 is 2.33 bits per heavy atom. The average molecular weight is 489 g/mol. The standard InChI is InChI=1S/C24H25ClN2O5S/c1-33(31,32)19-7-3-6-16(12-19)23(29)27-21-9-8-18(13-20(21)25)26-24(30)17-10-14-4-2-5-15(11-17)22(14)28/h3,6-9,12-15,17H,2,4-5,10-11H2,1H3,(H,26,30)(H,27,29). The fourth-order valence-corrected chi connectivity index (χ4v) is 5.59. The molecular weight excluding hydrogens is 464 g/mol. The minimum absolute atomic E-state index is 0.00405. The lowest BCUT2D eigenvalue weighted by atomic mass is 9.67. The van der Waals surface area contributed by atoms with Crippen molar-refractivity contribution in [3.63, 3.8) is 0 Å². The van der Waals surface area contributed by atoms with E-state index in [0.717, 1.165) is 25.5 Å². The zero-order valence-corrected chi connectivity index (χ0v) is 19.7. The highest BCUT2D eigenvalue weighted by Gasteiger charge is 2.41. The van der Waals surface area contributed by atoms with E-state index in [1.54, 1.807) is 18.2 Å². The summed E-state index contributed by atoms with van der Waals surface area (Å²) in [7, 11) is -3.44. The third kappa shape index (κ3) is 5.28. The van der Waals surface area contributed by atoms with Crippen molar-refractivity contribution in [2.45, 2.75) is 37.0 Å². The lowest BCUT2D eigenvalue weighted by molar-refractivity contribution is -0.136. The first kappa shape index (κ1) is 23.4. The molecule has 2 saturated carbocycles. The van der Waals surface area contributed by atoms with Crippen molar-refractivity contribution in [1.82, 2.24) is 0 Å². The second-order valence-corrected chi connectivity index (χ2v) is 11.3. The highest BCUT2D eigenvalue weighted by molar-refractivity contribution is 7.90. The van der Waals surface area contributed by atoms with Crippen LogP contribution < -0.4 is 10.6 Å². The molecule has 2 N–H and O–H groups in total. The van der Waals surface area contributed by atoms with E-state index in [1.165, 1.54) is 24.3 Å². The van der Waals surface area contributed by atoms with Crippen LogP contribution in [0.15, 0.2) is 47.4 Å². The van der Waals surface area contributed by atoms with E-state index in [1.807, 2.05) is 0 Å². The van der Waals surface area contributed by atoms with Crippen molar-refractivity contribution in [2.75, 3.05) is 16.9 Å². The third-order valence-electron chi connectivity index (χ3n) is 6.43. The van der Waals surface area contributed by atoms with E-state index in [2.05, 4.69) is 10.6 Å². The van der Waals surface area contributed by atoms with E-state index in [4.69, 9.17) is 11.6 Å². The molecule has 2 bridgehead atoms. The number of fused-ring (bicyclic) bond motifs is 2. The number of Topliss-reactive ketones (excluding diaryl/α,β-unsaturated/α-hetero) is 1. The molecule has 174 valence electrons. The minimum Gasteiger partial charge on any atom is -0.326 e. The van der Waals surface area contributed by atoms with Crippen LogP contribution in [0.25, 0.3) is 0 Å². The Labute approximate surface area is 197 Å². The summed E-state index contributed by atoms with van der Waals surface area (Å²) in [6.45, 7) is 0. The summed E-state index contributed by atoms with van der Waals surface area (Å²) >= 11 is 6.32. The summed E-state index contributed by atoms with van der Waals surface area (Å²) in [6, 6.07) is 10.5. The number of rotatable bonds is 5. The molecule has 0 aliphatic heterocycles. The largest absolute Gasteiger partial charge is 0.326 e. The average Bonchev–Trinajstić information content (AvgIpc) is 2.75. The van der Waals surface area contributed by atoms with Crippen molar-refractivity contribution >= 4 is 50.4 Å². The summed E-state index contributed by atoms with van der Waals surface area (Å²) in [5, 5.41) is 5.78. The molecule has 2 atom stereocenters. The van der Waals surface area contributed by atoms with Crippen LogP contribution in [-0.4, -0.2) is 32.3 Å². The fraction of sp³-hybridized carbons (Fsp3) is 0.375. The maximum Gasteiger partial charge on any atom is 0.255 e. The van der Waals surface area contributed by atoms with Crippen LogP contribution in [0.4, 0.5) is 11.4 Å².